The largest absolute Gasteiger partial charge is 0.490 e. The second kappa shape index (κ2) is 8.46. The highest BCUT2D eigenvalue weighted by atomic mass is 32.2. The molecule has 0 spiro atoms. The summed E-state index contributed by atoms with van der Waals surface area (Å²) < 4.78 is 39.6. The van der Waals surface area contributed by atoms with Crippen molar-refractivity contribution >= 4 is 27.3 Å². The van der Waals surface area contributed by atoms with Gasteiger partial charge in [0.05, 0.1) is 29.4 Å². The van der Waals surface area contributed by atoms with Gasteiger partial charge in [0.1, 0.15) is 0 Å². The Hall–Kier alpha value is -3.52. The highest BCUT2D eigenvalue weighted by Gasteiger charge is 2.21. The number of anilines is 2. The molecule has 0 unspecified atom stereocenters. The van der Waals surface area contributed by atoms with Crippen molar-refractivity contribution in [2.45, 2.75) is 11.3 Å². The van der Waals surface area contributed by atoms with Gasteiger partial charge in [0.2, 0.25) is 0 Å². The molecule has 1 aliphatic rings. The smallest absolute Gasteiger partial charge is 0.262 e. The van der Waals surface area contributed by atoms with Crippen molar-refractivity contribution in [3.8, 4) is 11.5 Å². The van der Waals surface area contributed by atoms with Crippen LogP contribution in [0.5, 0.6) is 11.5 Å². The minimum atomic E-state index is -3.95. The second-order valence-corrected chi connectivity index (χ2v) is 8.31. The second-order valence-electron chi connectivity index (χ2n) is 6.63. The summed E-state index contributed by atoms with van der Waals surface area (Å²) in [7, 11) is -3.95. The molecule has 7 nitrogen and oxygen atoms in total. The van der Waals surface area contributed by atoms with Gasteiger partial charge >= 0.3 is 0 Å². The number of ether oxygens (including phenoxy) is 2. The lowest BCUT2D eigenvalue weighted by Crippen LogP contribution is -2.18. The van der Waals surface area contributed by atoms with Gasteiger partial charge in [-0.15, -0.1) is 0 Å². The molecule has 2 N–H and O–H groups in total. The van der Waals surface area contributed by atoms with E-state index >= 15 is 0 Å². The number of carbonyl (C=O) groups excluding carboxylic acids is 1. The van der Waals surface area contributed by atoms with E-state index < -0.39 is 15.9 Å². The predicted octanol–water partition coefficient (Wildman–Crippen LogP) is 3.90. The summed E-state index contributed by atoms with van der Waals surface area (Å²) in [6.07, 6.45) is 0.721. The third-order valence-electron chi connectivity index (χ3n) is 4.48. The minimum absolute atomic E-state index is 0.0185. The summed E-state index contributed by atoms with van der Waals surface area (Å²) in [5.41, 5.74) is 1.00. The van der Waals surface area contributed by atoms with E-state index in [1.165, 1.54) is 12.1 Å². The summed E-state index contributed by atoms with van der Waals surface area (Å²) in [5.74, 6) is 0.470. The highest BCUT2D eigenvalue weighted by Crippen LogP contribution is 2.32. The normalized spacial score (nSPS) is 13.2. The van der Waals surface area contributed by atoms with Crippen molar-refractivity contribution in [2.75, 3.05) is 23.3 Å². The number of para-hydroxylation sites is 2. The van der Waals surface area contributed by atoms with Gasteiger partial charge < -0.3 is 14.8 Å². The van der Waals surface area contributed by atoms with Crippen LogP contribution in [0.3, 0.4) is 0 Å². The molecule has 0 fully saturated rings. The first-order valence-corrected chi connectivity index (χ1v) is 10.9. The molecule has 30 heavy (non-hydrogen) atoms. The van der Waals surface area contributed by atoms with Crippen LogP contribution in [0.1, 0.15) is 16.8 Å². The number of benzene rings is 3. The Morgan fingerprint density at radius 3 is 2.33 bits per heavy atom. The Labute approximate surface area is 174 Å². The van der Waals surface area contributed by atoms with Crippen LogP contribution in [0.15, 0.2) is 77.7 Å². The maximum Gasteiger partial charge on any atom is 0.262 e. The van der Waals surface area contributed by atoms with Gasteiger partial charge in [-0.3, -0.25) is 9.52 Å². The number of rotatable bonds is 5. The van der Waals surface area contributed by atoms with Crippen LogP contribution in [0.25, 0.3) is 0 Å². The molecule has 0 saturated heterocycles. The van der Waals surface area contributed by atoms with Crippen molar-refractivity contribution in [3.05, 3.63) is 78.4 Å². The molecular formula is C22H20N2O5S. The van der Waals surface area contributed by atoms with Crippen molar-refractivity contribution in [1.82, 2.24) is 0 Å². The molecule has 0 radical (unpaired) electrons. The Morgan fingerprint density at radius 1 is 0.833 bits per heavy atom. The standard InChI is InChI=1S/C22H20N2O5S/c25-22(23-16-7-2-1-3-8-16)18-9-4-5-10-19(18)24-30(26,27)17-11-12-20-21(15-17)29-14-6-13-28-20/h1-5,7-12,15,24H,6,13-14H2,(H,23,25). The van der Waals surface area contributed by atoms with Crippen molar-refractivity contribution in [1.29, 1.82) is 0 Å². The summed E-state index contributed by atoms with van der Waals surface area (Å²) in [6, 6.07) is 19.8. The van der Waals surface area contributed by atoms with Crippen LogP contribution >= 0.6 is 0 Å². The van der Waals surface area contributed by atoms with Crippen LogP contribution in [0.4, 0.5) is 11.4 Å². The fourth-order valence-corrected chi connectivity index (χ4v) is 4.10. The fraction of sp³-hybridized carbons (Fsp3) is 0.136. The van der Waals surface area contributed by atoms with Gasteiger partial charge in [0.25, 0.3) is 15.9 Å². The van der Waals surface area contributed by atoms with E-state index in [0.717, 1.165) is 6.42 Å². The lowest BCUT2D eigenvalue weighted by atomic mass is 10.1. The van der Waals surface area contributed by atoms with Crippen LogP contribution in [0.2, 0.25) is 0 Å². The Bertz CT molecular complexity index is 1160. The van der Waals surface area contributed by atoms with E-state index in [2.05, 4.69) is 10.0 Å². The van der Waals surface area contributed by atoms with Crippen LogP contribution < -0.4 is 19.5 Å². The number of carbonyl (C=O) groups is 1. The molecule has 8 heteroatoms. The zero-order valence-electron chi connectivity index (χ0n) is 16.0. The topological polar surface area (TPSA) is 93.7 Å². The first kappa shape index (κ1) is 19.8. The average Bonchev–Trinajstić information content (AvgIpc) is 2.99. The van der Waals surface area contributed by atoms with Gasteiger partial charge in [0.15, 0.2) is 11.5 Å². The van der Waals surface area contributed by atoms with Gasteiger partial charge in [-0.2, -0.15) is 0 Å². The molecule has 1 amide bonds. The van der Waals surface area contributed by atoms with Crippen molar-refractivity contribution in [3.63, 3.8) is 0 Å². The highest BCUT2D eigenvalue weighted by molar-refractivity contribution is 7.92. The number of amides is 1. The lowest BCUT2D eigenvalue weighted by Gasteiger charge is -2.14. The maximum absolute atomic E-state index is 13.0. The predicted molar refractivity (Wildman–Crippen MR) is 114 cm³/mol. The third kappa shape index (κ3) is 4.38. The molecule has 3 aromatic carbocycles. The summed E-state index contributed by atoms with van der Waals surface area (Å²) in [4.78, 5) is 12.7. The molecule has 3 aromatic rings. The van der Waals surface area contributed by atoms with Gasteiger partial charge in [-0.1, -0.05) is 30.3 Å². The zero-order valence-corrected chi connectivity index (χ0v) is 16.8. The van der Waals surface area contributed by atoms with Gasteiger partial charge in [0, 0.05) is 18.2 Å². The average molecular weight is 424 g/mol. The third-order valence-corrected chi connectivity index (χ3v) is 5.84. The molecule has 154 valence electrons. The minimum Gasteiger partial charge on any atom is -0.490 e. The summed E-state index contributed by atoms with van der Waals surface area (Å²) in [6.45, 7) is 0.966. The molecule has 0 atom stereocenters. The monoisotopic (exact) mass is 424 g/mol. The molecule has 0 aromatic heterocycles. The number of fused-ring (bicyclic) bond motifs is 1. The van der Waals surface area contributed by atoms with Crippen molar-refractivity contribution in [2.24, 2.45) is 0 Å². The number of sulfonamides is 1. The quantitative estimate of drug-likeness (QED) is 0.648. The van der Waals surface area contributed by atoms with E-state index in [-0.39, 0.29) is 16.1 Å². The lowest BCUT2D eigenvalue weighted by molar-refractivity contribution is 0.102. The molecular weight excluding hydrogens is 404 g/mol. The number of hydrogen-bond donors (Lipinski definition) is 2. The molecule has 0 bridgehead atoms. The molecule has 0 aliphatic carbocycles. The molecule has 1 heterocycles. The van der Waals surface area contributed by atoms with Gasteiger partial charge in [-0.05, 0) is 36.4 Å². The van der Waals surface area contributed by atoms with Crippen LogP contribution in [-0.4, -0.2) is 27.5 Å². The SMILES string of the molecule is O=C(Nc1ccccc1)c1ccccc1NS(=O)(=O)c1ccc2c(c1)OCCCO2. The summed E-state index contributed by atoms with van der Waals surface area (Å²) in [5, 5.41) is 2.76. The first-order chi connectivity index (χ1) is 14.5. The fourth-order valence-electron chi connectivity index (χ4n) is 3.00. The van der Waals surface area contributed by atoms with Crippen molar-refractivity contribution < 1.29 is 22.7 Å². The van der Waals surface area contributed by atoms with Crippen LogP contribution in [0, 0.1) is 0 Å². The summed E-state index contributed by atoms with van der Waals surface area (Å²) >= 11 is 0. The van der Waals surface area contributed by atoms with E-state index in [4.69, 9.17) is 9.47 Å². The molecule has 1 aliphatic heterocycles. The van der Waals surface area contributed by atoms with Crippen LogP contribution in [-0.2, 0) is 10.0 Å². The Morgan fingerprint density at radius 2 is 1.53 bits per heavy atom. The number of nitrogens with one attached hydrogen (secondary N) is 2. The number of hydrogen-bond acceptors (Lipinski definition) is 5. The Kier molecular flexibility index (Phi) is 5.58. The van der Waals surface area contributed by atoms with E-state index in [9.17, 15) is 13.2 Å². The van der Waals surface area contributed by atoms with Gasteiger partial charge in [-0.25, -0.2) is 8.42 Å². The van der Waals surface area contributed by atoms with E-state index in [1.807, 2.05) is 6.07 Å². The maximum atomic E-state index is 13.0. The molecule has 0 saturated carbocycles. The van der Waals surface area contributed by atoms with E-state index in [0.29, 0.717) is 30.4 Å². The van der Waals surface area contributed by atoms with E-state index in [1.54, 1.807) is 54.6 Å². The zero-order chi connectivity index (χ0) is 21.0. The Balaban J connectivity index is 1.60. The molecule has 4 rings (SSSR count). The first-order valence-electron chi connectivity index (χ1n) is 9.41.